The molecule has 0 bridgehead atoms. The number of ether oxygens (including phenoxy) is 2. The summed E-state index contributed by atoms with van der Waals surface area (Å²) in [6.07, 6.45) is 6.07. The van der Waals surface area contributed by atoms with Crippen LogP contribution in [0.15, 0.2) is 12.4 Å². The van der Waals surface area contributed by atoms with Crippen LogP contribution in [0.2, 0.25) is 0 Å². The maximum Gasteiger partial charge on any atom is 0.234 e. The van der Waals surface area contributed by atoms with E-state index in [-0.39, 0.29) is 0 Å². The number of likely N-dealkylation sites (tertiary alicyclic amines) is 1. The highest BCUT2D eigenvalue weighted by atomic mass is 16.5. The van der Waals surface area contributed by atoms with Gasteiger partial charge in [0.15, 0.2) is 0 Å². The van der Waals surface area contributed by atoms with Crippen molar-refractivity contribution in [3.63, 3.8) is 0 Å². The van der Waals surface area contributed by atoms with Gasteiger partial charge >= 0.3 is 0 Å². The summed E-state index contributed by atoms with van der Waals surface area (Å²) in [7, 11) is 1.80. The first kappa shape index (κ1) is 17.0. The number of aromatic nitrogens is 2. The molecule has 0 unspecified atom stereocenters. The van der Waals surface area contributed by atoms with Crippen molar-refractivity contribution in [2.24, 2.45) is 5.92 Å². The summed E-state index contributed by atoms with van der Waals surface area (Å²) in [6, 6.07) is 0. The Labute approximate surface area is 133 Å². The summed E-state index contributed by atoms with van der Waals surface area (Å²) >= 11 is 0. The van der Waals surface area contributed by atoms with Crippen molar-refractivity contribution in [2.45, 2.75) is 32.8 Å². The minimum Gasteiger partial charge on any atom is -0.476 e. The summed E-state index contributed by atoms with van der Waals surface area (Å²) in [5, 5.41) is 3.32. The molecule has 124 valence electrons. The lowest BCUT2D eigenvalue weighted by Crippen LogP contribution is -2.39. The molecule has 2 rings (SSSR count). The maximum atomic E-state index is 5.59. The van der Waals surface area contributed by atoms with E-state index in [1.165, 1.54) is 0 Å². The van der Waals surface area contributed by atoms with Crippen LogP contribution in [0.3, 0.4) is 0 Å². The highest BCUT2D eigenvalue weighted by molar-refractivity contribution is 5.33. The van der Waals surface area contributed by atoms with Gasteiger partial charge in [0.2, 0.25) is 5.88 Å². The van der Waals surface area contributed by atoms with Crippen molar-refractivity contribution in [3.8, 4) is 5.88 Å². The van der Waals surface area contributed by atoms with E-state index in [9.17, 15) is 0 Å². The first-order chi connectivity index (χ1) is 10.7. The van der Waals surface area contributed by atoms with Crippen molar-refractivity contribution in [1.82, 2.24) is 14.9 Å². The van der Waals surface area contributed by atoms with Gasteiger partial charge in [0.05, 0.1) is 25.1 Å². The lowest BCUT2D eigenvalue weighted by Gasteiger charge is -2.31. The quantitative estimate of drug-likeness (QED) is 0.793. The van der Waals surface area contributed by atoms with Gasteiger partial charge in [0, 0.05) is 33.3 Å². The molecule has 1 aliphatic heterocycles. The molecule has 1 N–H and O–H groups in total. The van der Waals surface area contributed by atoms with Gasteiger partial charge in [0.1, 0.15) is 5.82 Å². The summed E-state index contributed by atoms with van der Waals surface area (Å²) < 4.78 is 11.0. The van der Waals surface area contributed by atoms with Gasteiger partial charge in [-0.3, -0.25) is 4.98 Å². The highest BCUT2D eigenvalue weighted by Crippen LogP contribution is 2.13. The van der Waals surface area contributed by atoms with Crippen LogP contribution in [0.25, 0.3) is 0 Å². The summed E-state index contributed by atoms with van der Waals surface area (Å²) in [5.74, 6) is 1.83. The zero-order valence-electron chi connectivity index (χ0n) is 13.9. The van der Waals surface area contributed by atoms with Crippen LogP contribution in [-0.2, 0) is 4.74 Å². The van der Waals surface area contributed by atoms with Gasteiger partial charge in [-0.2, -0.15) is 4.98 Å². The Morgan fingerprint density at radius 3 is 2.77 bits per heavy atom. The Bertz CT molecular complexity index is 434. The first-order valence-corrected chi connectivity index (χ1v) is 8.11. The smallest absolute Gasteiger partial charge is 0.234 e. The van der Waals surface area contributed by atoms with Gasteiger partial charge in [0.25, 0.3) is 0 Å². The van der Waals surface area contributed by atoms with Crippen molar-refractivity contribution < 1.29 is 9.47 Å². The second-order valence-electron chi connectivity index (χ2n) is 6.15. The molecule has 2 heterocycles. The fraction of sp³-hybridized carbons (Fsp3) is 0.750. The number of piperidine rings is 1. The predicted molar refractivity (Wildman–Crippen MR) is 87.3 cm³/mol. The van der Waals surface area contributed by atoms with E-state index in [2.05, 4.69) is 34.0 Å². The maximum absolute atomic E-state index is 5.59. The van der Waals surface area contributed by atoms with E-state index in [1.54, 1.807) is 19.5 Å². The number of hydrogen-bond donors (Lipinski definition) is 1. The summed E-state index contributed by atoms with van der Waals surface area (Å²) in [5.41, 5.74) is 0. The predicted octanol–water partition coefficient (Wildman–Crippen LogP) is 2.03. The largest absolute Gasteiger partial charge is 0.476 e. The minimum absolute atomic E-state index is 0.435. The SMILES string of the molecule is COC1CCN(CCNc2cncc(OCC(C)C)n2)CC1. The highest BCUT2D eigenvalue weighted by Gasteiger charge is 2.17. The van der Waals surface area contributed by atoms with E-state index < -0.39 is 0 Å². The van der Waals surface area contributed by atoms with Gasteiger partial charge in [-0.05, 0) is 18.8 Å². The molecule has 0 aliphatic carbocycles. The average molecular weight is 308 g/mol. The third-order valence-electron chi connectivity index (χ3n) is 3.78. The van der Waals surface area contributed by atoms with Crippen molar-refractivity contribution in [3.05, 3.63) is 12.4 Å². The third-order valence-corrected chi connectivity index (χ3v) is 3.78. The molecule has 0 radical (unpaired) electrons. The molecule has 0 amide bonds. The van der Waals surface area contributed by atoms with E-state index in [4.69, 9.17) is 9.47 Å². The number of methoxy groups -OCH3 is 1. The molecule has 0 spiro atoms. The minimum atomic E-state index is 0.435. The molecule has 6 heteroatoms. The first-order valence-electron chi connectivity index (χ1n) is 8.11. The van der Waals surface area contributed by atoms with Crippen LogP contribution in [0.4, 0.5) is 5.82 Å². The Kier molecular flexibility index (Phi) is 6.86. The van der Waals surface area contributed by atoms with Crippen molar-refractivity contribution in [1.29, 1.82) is 0 Å². The molecule has 6 nitrogen and oxygen atoms in total. The molecule has 1 aromatic heterocycles. The van der Waals surface area contributed by atoms with Crippen LogP contribution < -0.4 is 10.1 Å². The number of rotatable bonds is 8. The van der Waals surface area contributed by atoms with Gasteiger partial charge < -0.3 is 19.7 Å². The molecular weight excluding hydrogens is 280 g/mol. The zero-order valence-corrected chi connectivity index (χ0v) is 13.9. The molecule has 1 fully saturated rings. The molecule has 1 saturated heterocycles. The molecule has 0 saturated carbocycles. The fourth-order valence-electron chi connectivity index (χ4n) is 2.47. The normalized spacial score (nSPS) is 16.9. The van der Waals surface area contributed by atoms with Crippen LogP contribution in [0.5, 0.6) is 5.88 Å². The third kappa shape index (κ3) is 5.77. The molecule has 0 atom stereocenters. The van der Waals surface area contributed by atoms with Crippen LogP contribution in [0.1, 0.15) is 26.7 Å². The zero-order chi connectivity index (χ0) is 15.8. The van der Waals surface area contributed by atoms with E-state index in [0.29, 0.717) is 24.5 Å². The Hall–Kier alpha value is -1.40. The molecule has 1 aliphatic rings. The van der Waals surface area contributed by atoms with Crippen molar-refractivity contribution in [2.75, 3.05) is 45.2 Å². The molecule has 0 aromatic carbocycles. The second kappa shape index (κ2) is 8.90. The molecule has 22 heavy (non-hydrogen) atoms. The number of anilines is 1. The van der Waals surface area contributed by atoms with Crippen LogP contribution in [0, 0.1) is 5.92 Å². The number of hydrogen-bond acceptors (Lipinski definition) is 6. The van der Waals surface area contributed by atoms with E-state index in [1.807, 2.05) is 0 Å². The molecular formula is C16H28N4O2. The Morgan fingerprint density at radius 2 is 2.09 bits per heavy atom. The number of nitrogens with zero attached hydrogens (tertiary/aromatic N) is 3. The number of nitrogens with one attached hydrogen (secondary N) is 1. The van der Waals surface area contributed by atoms with Crippen LogP contribution in [-0.4, -0.2) is 60.9 Å². The second-order valence-corrected chi connectivity index (χ2v) is 6.15. The summed E-state index contributed by atoms with van der Waals surface area (Å²) in [6.45, 7) is 8.96. The van der Waals surface area contributed by atoms with Gasteiger partial charge in [-0.15, -0.1) is 0 Å². The Balaban J connectivity index is 1.69. The Morgan fingerprint density at radius 1 is 1.32 bits per heavy atom. The van der Waals surface area contributed by atoms with Crippen LogP contribution >= 0.6 is 0 Å². The fourth-order valence-corrected chi connectivity index (χ4v) is 2.47. The van der Waals surface area contributed by atoms with Crippen molar-refractivity contribution >= 4 is 5.82 Å². The van der Waals surface area contributed by atoms with E-state index >= 15 is 0 Å². The monoisotopic (exact) mass is 308 g/mol. The topological polar surface area (TPSA) is 59.5 Å². The molecule has 1 aromatic rings. The van der Waals surface area contributed by atoms with Gasteiger partial charge in [-0.1, -0.05) is 13.8 Å². The average Bonchev–Trinajstić information content (AvgIpc) is 2.54. The summed E-state index contributed by atoms with van der Waals surface area (Å²) in [4.78, 5) is 11.0. The standard InChI is InChI=1S/C16H28N4O2/c1-13(2)12-22-16-11-17-10-15(19-16)18-6-9-20-7-4-14(21-3)5-8-20/h10-11,13-14H,4-9,12H2,1-3H3,(H,18,19). The van der Waals surface area contributed by atoms with Gasteiger partial charge in [-0.25, -0.2) is 0 Å². The lowest BCUT2D eigenvalue weighted by atomic mass is 10.1. The lowest BCUT2D eigenvalue weighted by molar-refractivity contribution is 0.0423. The van der Waals surface area contributed by atoms with E-state index in [0.717, 1.165) is 44.8 Å².